The van der Waals surface area contributed by atoms with Gasteiger partial charge >= 0.3 is 0 Å². The molecule has 104 valence electrons. The molecule has 0 aliphatic rings. The molecule has 1 aromatic heterocycles. The Morgan fingerprint density at radius 2 is 2.20 bits per heavy atom. The number of ether oxygens (including phenoxy) is 1. The Bertz CT molecular complexity index is 614. The van der Waals surface area contributed by atoms with Crippen molar-refractivity contribution in [2.45, 2.75) is 6.92 Å². The van der Waals surface area contributed by atoms with Crippen molar-refractivity contribution in [2.24, 2.45) is 0 Å². The summed E-state index contributed by atoms with van der Waals surface area (Å²) >= 11 is 0. The molecule has 5 nitrogen and oxygen atoms in total. The topological polar surface area (TPSA) is 77.2 Å². The van der Waals surface area contributed by atoms with Crippen molar-refractivity contribution in [3.05, 3.63) is 47.9 Å². The molecule has 0 spiro atoms. The number of benzene rings is 1. The van der Waals surface area contributed by atoms with Gasteiger partial charge in [-0.2, -0.15) is 0 Å². The number of aromatic nitrogens is 1. The van der Waals surface area contributed by atoms with E-state index in [2.05, 4.69) is 10.3 Å². The number of pyridine rings is 1. The summed E-state index contributed by atoms with van der Waals surface area (Å²) in [6.45, 7) is 2.36. The summed E-state index contributed by atoms with van der Waals surface area (Å²) in [4.78, 5) is 15.9. The summed E-state index contributed by atoms with van der Waals surface area (Å²) in [5, 5.41) is 2.55. The highest BCUT2D eigenvalue weighted by Crippen LogP contribution is 2.16. The lowest BCUT2D eigenvalue weighted by Crippen LogP contribution is -2.14. The summed E-state index contributed by atoms with van der Waals surface area (Å²) in [6, 6.07) is 7.16. The van der Waals surface area contributed by atoms with Crippen molar-refractivity contribution in [1.82, 2.24) is 4.98 Å². The maximum atomic E-state index is 13.6. The second-order valence-corrected chi connectivity index (χ2v) is 4.01. The largest absolute Gasteiger partial charge is 0.478 e. The van der Waals surface area contributed by atoms with Gasteiger partial charge in [0, 0.05) is 11.8 Å². The van der Waals surface area contributed by atoms with Gasteiger partial charge in [0.05, 0.1) is 24.1 Å². The minimum atomic E-state index is -0.665. The fraction of sp³-hybridized carbons (Fsp3) is 0.143. The Balaban J connectivity index is 2.11. The van der Waals surface area contributed by atoms with E-state index in [1.165, 1.54) is 18.3 Å². The number of nitrogens with two attached hydrogens (primary N) is 1. The molecule has 2 rings (SSSR count). The molecule has 1 amide bonds. The van der Waals surface area contributed by atoms with E-state index < -0.39 is 11.7 Å². The second kappa shape index (κ2) is 6.01. The molecule has 0 radical (unpaired) electrons. The Morgan fingerprint density at radius 3 is 2.80 bits per heavy atom. The molecule has 0 aliphatic carbocycles. The molecule has 20 heavy (non-hydrogen) atoms. The molecule has 0 unspecified atom stereocenters. The summed E-state index contributed by atoms with van der Waals surface area (Å²) in [5.41, 5.74) is 6.07. The molecule has 0 bridgehead atoms. The van der Waals surface area contributed by atoms with Crippen molar-refractivity contribution in [3.63, 3.8) is 0 Å². The van der Waals surface area contributed by atoms with Gasteiger partial charge < -0.3 is 15.8 Å². The highest BCUT2D eigenvalue weighted by molar-refractivity contribution is 6.04. The lowest BCUT2D eigenvalue weighted by Gasteiger charge is -2.07. The Morgan fingerprint density at radius 1 is 1.40 bits per heavy atom. The molecule has 0 aliphatic heterocycles. The molecule has 1 heterocycles. The number of halogens is 1. The van der Waals surface area contributed by atoms with E-state index in [0.29, 0.717) is 18.2 Å². The third kappa shape index (κ3) is 3.23. The van der Waals surface area contributed by atoms with Crippen LogP contribution in [0.1, 0.15) is 17.3 Å². The van der Waals surface area contributed by atoms with Crippen LogP contribution in [0.15, 0.2) is 36.5 Å². The molecule has 0 saturated heterocycles. The van der Waals surface area contributed by atoms with E-state index in [1.807, 2.05) is 6.92 Å². The smallest absolute Gasteiger partial charge is 0.258 e. The number of carbonyl (C=O) groups is 1. The Labute approximate surface area is 115 Å². The lowest BCUT2D eigenvalue weighted by atomic mass is 10.2. The predicted molar refractivity (Wildman–Crippen MR) is 74.2 cm³/mol. The molecule has 0 fully saturated rings. The monoisotopic (exact) mass is 275 g/mol. The molecule has 0 saturated carbocycles. The predicted octanol–water partition coefficient (Wildman–Crippen LogP) is 2.45. The molecular weight excluding hydrogens is 261 g/mol. The average Bonchev–Trinajstić information content (AvgIpc) is 2.41. The molecule has 1 aromatic carbocycles. The first-order chi connectivity index (χ1) is 9.60. The van der Waals surface area contributed by atoms with Gasteiger partial charge in [-0.05, 0) is 31.2 Å². The van der Waals surface area contributed by atoms with Crippen molar-refractivity contribution in [2.75, 3.05) is 17.7 Å². The Hall–Kier alpha value is -2.63. The first kappa shape index (κ1) is 13.8. The molecule has 0 atom stereocenters. The molecule has 6 heteroatoms. The third-order valence-corrected chi connectivity index (χ3v) is 2.52. The first-order valence-electron chi connectivity index (χ1n) is 6.05. The quantitative estimate of drug-likeness (QED) is 0.840. The van der Waals surface area contributed by atoms with Crippen LogP contribution in [0.2, 0.25) is 0 Å². The fourth-order valence-electron chi connectivity index (χ4n) is 1.60. The number of rotatable bonds is 4. The number of hydrogen-bond donors (Lipinski definition) is 2. The van der Waals surface area contributed by atoms with Crippen LogP contribution < -0.4 is 15.8 Å². The van der Waals surface area contributed by atoms with Gasteiger partial charge in [0.2, 0.25) is 5.88 Å². The van der Waals surface area contributed by atoms with Gasteiger partial charge in [0.1, 0.15) is 5.82 Å². The summed E-state index contributed by atoms with van der Waals surface area (Å²) in [5.74, 6) is -0.765. The summed E-state index contributed by atoms with van der Waals surface area (Å²) in [6.07, 6.45) is 1.44. The van der Waals surface area contributed by atoms with Crippen LogP contribution in [0.25, 0.3) is 0 Å². The highest BCUT2D eigenvalue weighted by atomic mass is 19.1. The summed E-state index contributed by atoms with van der Waals surface area (Å²) < 4.78 is 18.8. The number of anilines is 2. The van der Waals surface area contributed by atoms with Crippen LogP contribution in [0.4, 0.5) is 15.8 Å². The highest BCUT2D eigenvalue weighted by Gasteiger charge is 2.12. The van der Waals surface area contributed by atoms with Crippen LogP contribution in [0.5, 0.6) is 5.88 Å². The molecule has 3 N–H and O–H groups in total. The zero-order valence-electron chi connectivity index (χ0n) is 10.9. The van der Waals surface area contributed by atoms with E-state index >= 15 is 0 Å². The van der Waals surface area contributed by atoms with Gasteiger partial charge in [-0.3, -0.25) is 4.79 Å². The minimum Gasteiger partial charge on any atom is -0.478 e. The van der Waals surface area contributed by atoms with Gasteiger partial charge in [-0.1, -0.05) is 0 Å². The van der Waals surface area contributed by atoms with E-state index in [0.717, 1.165) is 6.07 Å². The minimum absolute atomic E-state index is 0.0758. The molecule has 2 aromatic rings. The normalized spacial score (nSPS) is 10.1. The van der Waals surface area contributed by atoms with Gasteiger partial charge in [-0.15, -0.1) is 0 Å². The maximum absolute atomic E-state index is 13.6. The zero-order valence-corrected chi connectivity index (χ0v) is 10.9. The third-order valence-electron chi connectivity index (χ3n) is 2.52. The summed E-state index contributed by atoms with van der Waals surface area (Å²) in [7, 11) is 0. The number of amides is 1. The van der Waals surface area contributed by atoms with E-state index in [4.69, 9.17) is 10.5 Å². The number of nitrogens with one attached hydrogen (secondary N) is 1. The van der Waals surface area contributed by atoms with Crippen LogP contribution in [0.3, 0.4) is 0 Å². The SMILES string of the molecule is CCOc1ccc(NC(=O)c2ccc(N)cc2F)cn1. The van der Waals surface area contributed by atoms with Crippen molar-refractivity contribution in [1.29, 1.82) is 0 Å². The fourth-order valence-corrected chi connectivity index (χ4v) is 1.60. The van der Waals surface area contributed by atoms with Crippen LogP contribution in [-0.4, -0.2) is 17.5 Å². The Kier molecular flexibility index (Phi) is 4.14. The first-order valence-corrected chi connectivity index (χ1v) is 6.05. The van der Waals surface area contributed by atoms with Crippen molar-refractivity contribution >= 4 is 17.3 Å². The van der Waals surface area contributed by atoms with Crippen LogP contribution in [-0.2, 0) is 0 Å². The second-order valence-electron chi connectivity index (χ2n) is 4.01. The zero-order chi connectivity index (χ0) is 14.5. The van der Waals surface area contributed by atoms with Crippen molar-refractivity contribution < 1.29 is 13.9 Å². The van der Waals surface area contributed by atoms with E-state index in [-0.39, 0.29) is 11.3 Å². The lowest BCUT2D eigenvalue weighted by molar-refractivity contribution is 0.102. The molecular formula is C14H14FN3O2. The number of nitrogen functional groups attached to an aromatic ring is 1. The number of carbonyl (C=O) groups excluding carboxylic acids is 1. The van der Waals surface area contributed by atoms with Crippen molar-refractivity contribution in [3.8, 4) is 5.88 Å². The van der Waals surface area contributed by atoms with Gasteiger partial charge in [0.15, 0.2) is 0 Å². The van der Waals surface area contributed by atoms with Gasteiger partial charge in [-0.25, -0.2) is 9.37 Å². The van der Waals surface area contributed by atoms with Crippen LogP contribution >= 0.6 is 0 Å². The van der Waals surface area contributed by atoms with Gasteiger partial charge in [0.25, 0.3) is 5.91 Å². The van der Waals surface area contributed by atoms with Crippen LogP contribution in [0, 0.1) is 5.82 Å². The maximum Gasteiger partial charge on any atom is 0.258 e. The average molecular weight is 275 g/mol. The number of nitrogens with zero attached hydrogens (tertiary/aromatic N) is 1. The van der Waals surface area contributed by atoms with E-state index in [1.54, 1.807) is 12.1 Å². The number of hydrogen-bond acceptors (Lipinski definition) is 4. The van der Waals surface area contributed by atoms with E-state index in [9.17, 15) is 9.18 Å². The standard InChI is InChI=1S/C14H14FN3O2/c1-2-20-13-6-4-10(8-17-13)18-14(19)11-5-3-9(16)7-12(11)15/h3-8H,2,16H2,1H3,(H,18,19).